The average molecular weight is 839 g/mol. The van der Waals surface area contributed by atoms with E-state index in [1.165, 1.54) is 16.0 Å². The van der Waals surface area contributed by atoms with Gasteiger partial charge in [-0.3, -0.25) is 28.8 Å². The van der Waals surface area contributed by atoms with Gasteiger partial charge in [0.1, 0.15) is 35.4 Å². The van der Waals surface area contributed by atoms with Gasteiger partial charge in [0.05, 0.1) is 19.2 Å². The Bertz CT molecular complexity index is 2080. The third-order valence-electron chi connectivity index (χ3n) is 11.4. The van der Waals surface area contributed by atoms with E-state index in [-0.39, 0.29) is 44.7 Å². The lowest BCUT2D eigenvalue weighted by Gasteiger charge is -2.48. The van der Waals surface area contributed by atoms with Crippen molar-refractivity contribution >= 4 is 35.7 Å². The summed E-state index contributed by atoms with van der Waals surface area (Å²) in [6.45, 7) is 4.86. The Hall–Kier alpha value is -5.45. The standard InChI is InChI=1S/C46H54N4O11/c1-44(2,3)58-37(54)22-20-33(28-51)48-35(52)23-24-47-43(56)45-26-34-38-39(60-46(59-38,31-15-8-6-9-16-31)32-17-10-7-11-18-32)41(45)61-50(40(45)42(55)57-34)27-30-14-12-13-29(25-30)19-21-36(53)49(4)5/h6-19,21,25,33-34,38-41,51H,20,22-24,26-28H2,1-5H3,(H,47,56)(H,48,52)/t33-,34-,38-,39-,40-,41+,45-/m0/s1. The minimum absolute atomic E-state index is 0.000520. The molecule has 0 unspecified atom stereocenters. The first kappa shape index (κ1) is 43.6. The van der Waals surface area contributed by atoms with E-state index in [1.807, 2.05) is 84.9 Å². The highest BCUT2D eigenvalue weighted by molar-refractivity contribution is 5.94. The fourth-order valence-corrected chi connectivity index (χ4v) is 8.63. The molecule has 4 fully saturated rings. The summed E-state index contributed by atoms with van der Waals surface area (Å²) in [5, 5.41) is 17.1. The van der Waals surface area contributed by atoms with Crippen LogP contribution in [0.15, 0.2) is 91.0 Å². The summed E-state index contributed by atoms with van der Waals surface area (Å²) in [4.78, 5) is 75.0. The number of hydrogen-bond donors (Lipinski definition) is 3. The van der Waals surface area contributed by atoms with Gasteiger partial charge < -0.3 is 39.6 Å². The monoisotopic (exact) mass is 838 g/mol. The van der Waals surface area contributed by atoms with Gasteiger partial charge in [0.15, 0.2) is 6.04 Å². The Morgan fingerprint density at radius 2 is 1.62 bits per heavy atom. The van der Waals surface area contributed by atoms with Crippen molar-refractivity contribution in [2.24, 2.45) is 5.41 Å². The lowest BCUT2D eigenvalue weighted by atomic mass is 9.62. The molecule has 1 aliphatic carbocycles. The van der Waals surface area contributed by atoms with Gasteiger partial charge in [0.25, 0.3) is 0 Å². The van der Waals surface area contributed by atoms with Crippen molar-refractivity contribution in [3.8, 4) is 0 Å². The molecule has 3 aromatic carbocycles. The van der Waals surface area contributed by atoms with Crippen molar-refractivity contribution < 1.29 is 52.9 Å². The third kappa shape index (κ3) is 9.12. The number of hydrogen-bond acceptors (Lipinski definition) is 12. The Balaban J connectivity index is 1.15. The molecule has 3 aromatic rings. The summed E-state index contributed by atoms with van der Waals surface area (Å²) in [5.41, 5.74) is 0.714. The van der Waals surface area contributed by atoms with Crippen LogP contribution in [0.2, 0.25) is 0 Å². The fraction of sp³-hybridized carbons (Fsp3) is 0.457. The number of nitrogens with one attached hydrogen (secondary N) is 2. The predicted octanol–water partition coefficient (Wildman–Crippen LogP) is 3.38. The first-order chi connectivity index (χ1) is 29.1. The third-order valence-corrected chi connectivity index (χ3v) is 11.4. The van der Waals surface area contributed by atoms with E-state index in [4.69, 9.17) is 23.8 Å². The van der Waals surface area contributed by atoms with Crippen LogP contribution in [-0.4, -0.2) is 114 Å². The Morgan fingerprint density at radius 3 is 2.26 bits per heavy atom. The largest absolute Gasteiger partial charge is 0.460 e. The highest BCUT2D eigenvalue weighted by Gasteiger charge is 2.76. The molecule has 1 saturated carbocycles. The van der Waals surface area contributed by atoms with Crippen molar-refractivity contribution in [3.05, 3.63) is 113 Å². The van der Waals surface area contributed by atoms with Crippen LogP contribution in [0.4, 0.5) is 0 Å². The summed E-state index contributed by atoms with van der Waals surface area (Å²) in [6.07, 6.45) is -0.377. The van der Waals surface area contributed by atoms with Gasteiger partial charge in [-0.05, 0) is 44.4 Å². The van der Waals surface area contributed by atoms with Crippen LogP contribution >= 0.6 is 0 Å². The first-order valence-electron chi connectivity index (χ1n) is 20.6. The van der Waals surface area contributed by atoms with Crippen molar-refractivity contribution in [1.82, 2.24) is 20.6 Å². The van der Waals surface area contributed by atoms with E-state index in [2.05, 4.69) is 10.6 Å². The second kappa shape index (κ2) is 17.9. The summed E-state index contributed by atoms with van der Waals surface area (Å²) >= 11 is 0. The average Bonchev–Trinajstić information content (AvgIpc) is 3.81. The van der Waals surface area contributed by atoms with E-state index in [1.54, 1.807) is 40.9 Å². The van der Waals surface area contributed by atoms with Gasteiger partial charge in [-0.15, -0.1) is 0 Å². The maximum Gasteiger partial charge on any atom is 0.327 e. The molecule has 7 rings (SSSR count). The molecule has 3 aliphatic heterocycles. The molecule has 3 N–H and O–H groups in total. The van der Waals surface area contributed by atoms with Crippen LogP contribution in [-0.2, 0) is 60.1 Å². The molecule has 3 heterocycles. The Labute approximate surface area is 355 Å². The summed E-state index contributed by atoms with van der Waals surface area (Å²) in [7, 11) is 3.33. The van der Waals surface area contributed by atoms with Crippen LogP contribution in [0.1, 0.15) is 68.7 Å². The maximum absolute atomic E-state index is 14.8. The number of likely N-dealkylation sites (N-methyl/N-ethyl adjacent to an activating group) is 1. The van der Waals surface area contributed by atoms with E-state index >= 15 is 0 Å². The molecular formula is C46H54N4O11. The SMILES string of the molecule is CN(C)C(=O)C=Cc1cccc(CN2O[C@@H]3[C@H]4OC(c5ccccc5)(c5ccccc5)O[C@H]4[C@@H]4C[C@]3(C(=O)NCCC(=O)N[C@H](CO)CCC(=O)OC(C)(C)C)[C@@H]2C(=O)O4)c1. The van der Waals surface area contributed by atoms with E-state index < -0.39 is 83.7 Å². The number of hydroxylamine groups is 2. The highest BCUT2D eigenvalue weighted by Crippen LogP contribution is 2.59. The van der Waals surface area contributed by atoms with Crippen LogP contribution in [0, 0.1) is 5.41 Å². The zero-order valence-electron chi connectivity index (χ0n) is 35.1. The second-order valence-corrected chi connectivity index (χ2v) is 17.1. The van der Waals surface area contributed by atoms with E-state index in [0.717, 1.165) is 11.1 Å². The van der Waals surface area contributed by atoms with Gasteiger partial charge >= 0.3 is 11.9 Å². The number of benzene rings is 3. The van der Waals surface area contributed by atoms with Crippen LogP contribution in [0.25, 0.3) is 6.08 Å². The van der Waals surface area contributed by atoms with Gasteiger partial charge in [-0.25, -0.2) is 0 Å². The van der Waals surface area contributed by atoms with Crippen molar-refractivity contribution in [2.45, 2.75) is 101 Å². The summed E-state index contributed by atoms with van der Waals surface area (Å²) < 4.78 is 25.5. The smallest absolute Gasteiger partial charge is 0.327 e. The minimum atomic E-state index is -1.53. The predicted molar refractivity (Wildman–Crippen MR) is 220 cm³/mol. The van der Waals surface area contributed by atoms with Gasteiger partial charge in [0.2, 0.25) is 23.5 Å². The molecular weight excluding hydrogens is 785 g/mol. The number of ether oxygens (including phenoxy) is 4. The zero-order chi connectivity index (χ0) is 43.5. The van der Waals surface area contributed by atoms with Crippen molar-refractivity contribution in [2.75, 3.05) is 27.2 Å². The lowest BCUT2D eigenvalue weighted by molar-refractivity contribution is -0.213. The minimum Gasteiger partial charge on any atom is -0.460 e. The van der Waals surface area contributed by atoms with Gasteiger partial charge in [-0.1, -0.05) is 84.9 Å². The number of nitrogens with zero attached hydrogens (tertiary/aromatic N) is 2. The van der Waals surface area contributed by atoms with Crippen LogP contribution < -0.4 is 10.6 Å². The lowest BCUT2D eigenvalue weighted by Crippen LogP contribution is -2.69. The molecule has 0 radical (unpaired) electrons. The summed E-state index contributed by atoms with van der Waals surface area (Å²) in [5.74, 6) is -3.67. The number of fused-ring (bicyclic) bond motifs is 4. The normalized spacial score (nSPS) is 25.6. The van der Waals surface area contributed by atoms with Crippen molar-refractivity contribution in [3.63, 3.8) is 0 Å². The van der Waals surface area contributed by atoms with Crippen LogP contribution in [0.5, 0.6) is 0 Å². The van der Waals surface area contributed by atoms with Crippen molar-refractivity contribution in [1.29, 1.82) is 0 Å². The number of esters is 2. The Kier molecular flexibility index (Phi) is 12.8. The number of amides is 3. The number of carbonyl (C=O) groups excluding carboxylic acids is 5. The number of rotatable bonds is 15. The number of aliphatic hydroxyl groups is 1. The molecule has 0 aromatic heterocycles. The fourth-order valence-electron chi connectivity index (χ4n) is 8.63. The molecule has 324 valence electrons. The maximum atomic E-state index is 14.8. The highest BCUT2D eigenvalue weighted by atomic mass is 16.8. The molecule has 15 heteroatoms. The van der Waals surface area contributed by atoms with Gasteiger partial charge in [0, 0.05) is 57.1 Å². The topological polar surface area (TPSA) is 182 Å². The van der Waals surface area contributed by atoms with E-state index in [9.17, 15) is 29.1 Å². The van der Waals surface area contributed by atoms with E-state index in [0.29, 0.717) is 11.1 Å². The number of carbonyl (C=O) groups is 5. The van der Waals surface area contributed by atoms with Gasteiger partial charge in [-0.2, -0.15) is 5.06 Å². The zero-order valence-corrected chi connectivity index (χ0v) is 35.1. The molecule has 3 amide bonds. The number of aliphatic hydroxyl groups excluding tert-OH is 1. The second-order valence-electron chi connectivity index (χ2n) is 17.1. The summed E-state index contributed by atoms with van der Waals surface area (Å²) in [6, 6.07) is 24.4. The molecule has 2 bridgehead atoms. The molecule has 4 aliphatic rings. The molecule has 61 heavy (non-hydrogen) atoms. The molecule has 3 saturated heterocycles. The molecule has 0 spiro atoms. The molecule has 7 atom stereocenters. The quantitative estimate of drug-likeness (QED) is 0.150. The Morgan fingerprint density at radius 1 is 0.951 bits per heavy atom. The van der Waals surface area contributed by atoms with Crippen LogP contribution in [0.3, 0.4) is 0 Å². The first-order valence-corrected chi connectivity index (χ1v) is 20.6. The molecule has 15 nitrogen and oxygen atoms in total.